The summed E-state index contributed by atoms with van der Waals surface area (Å²) in [5.74, 6) is 0. The third-order valence-corrected chi connectivity index (χ3v) is 4.45. The summed E-state index contributed by atoms with van der Waals surface area (Å²) < 4.78 is 1.14. The molecule has 0 aliphatic carbocycles. The molecule has 0 aromatic carbocycles. The van der Waals surface area contributed by atoms with Crippen molar-refractivity contribution in [2.75, 3.05) is 0 Å². The van der Waals surface area contributed by atoms with Crippen molar-refractivity contribution < 1.29 is 0 Å². The normalized spacial score (nSPS) is 12.7. The van der Waals surface area contributed by atoms with Gasteiger partial charge >= 0.3 is 0 Å². The minimum absolute atomic E-state index is 0.0313. The molecular formula is C12H13BrN2S. The zero-order valence-corrected chi connectivity index (χ0v) is 11.4. The van der Waals surface area contributed by atoms with Crippen LogP contribution in [0.1, 0.15) is 22.2 Å². The van der Waals surface area contributed by atoms with Crippen LogP contribution in [0.2, 0.25) is 0 Å². The van der Waals surface area contributed by atoms with Crippen molar-refractivity contribution in [1.82, 2.24) is 4.98 Å². The van der Waals surface area contributed by atoms with Crippen LogP contribution >= 0.6 is 27.3 Å². The lowest BCUT2D eigenvalue weighted by Gasteiger charge is -2.12. The molecule has 2 rings (SSSR count). The average Bonchev–Trinajstić information content (AvgIpc) is 2.65. The topological polar surface area (TPSA) is 38.9 Å². The number of hydrogen-bond acceptors (Lipinski definition) is 3. The first kappa shape index (κ1) is 11.8. The number of nitrogens with two attached hydrogens (primary N) is 1. The molecule has 1 unspecified atom stereocenters. The maximum Gasteiger partial charge on any atom is 0.0603 e. The Kier molecular flexibility index (Phi) is 3.74. The van der Waals surface area contributed by atoms with Gasteiger partial charge in [-0.25, -0.2) is 0 Å². The van der Waals surface area contributed by atoms with Crippen molar-refractivity contribution in [2.45, 2.75) is 19.4 Å². The highest BCUT2D eigenvalue weighted by Gasteiger charge is 2.13. The van der Waals surface area contributed by atoms with E-state index in [9.17, 15) is 0 Å². The van der Waals surface area contributed by atoms with Gasteiger partial charge in [-0.3, -0.25) is 4.98 Å². The number of pyridine rings is 1. The van der Waals surface area contributed by atoms with Gasteiger partial charge in [0.2, 0.25) is 0 Å². The van der Waals surface area contributed by atoms with Gasteiger partial charge in [-0.05, 0) is 45.9 Å². The number of thiophene rings is 1. The monoisotopic (exact) mass is 296 g/mol. The van der Waals surface area contributed by atoms with Gasteiger partial charge in [-0.1, -0.05) is 6.07 Å². The van der Waals surface area contributed by atoms with Crippen LogP contribution in [0.5, 0.6) is 0 Å². The Morgan fingerprint density at radius 2 is 2.31 bits per heavy atom. The lowest BCUT2D eigenvalue weighted by molar-refractivity contribution is 0.696. The van der Waals surface area contributed by atoms with Crippen LogP contribution in [-0.2, 0) is 6.42 Å². The second-order valence-electron chi connectivity index (χ2n) is 3.71. The van der Waals surface area contributed by atoms with Crippen molar-refractivity contribution in [3.8, 4) is 0 Å². The van der Waals surface area contributed by atoms with Gasteiger partial charge in [0.1, 0.15) is 0 Å². The maximum atomic E-state index is 6.18. The van der Waals surface area contributed by atoms with Crippen molar-refractivity contribution in [3.05, 3.63) is 50.4 Å². The predicted molar refractivity (Wildman–Crippen MR) is 71.6 cm³/mol. The summed E-state index contributed by atoms with van der Waals surface area (Å²) in [6.07, 6.45) is 2.63. The fourth-order valence-electron chi connectivity index (χ4n) is 1.65. The van der Waals surface area contributed by atoms with Gasteiger partial charge in [-0.15, -0.1) is 11.3 Å². The van der Waals surface area contributed by atoms with Crippen LogP contribution in [0.25, 0.3) is 0 Å². The van der Waals surface area contributed by atoms with Crippen LogP contribution < -0.4 is 5.73 Å². The Balaban J connectivity index is 2.18. The summed E-state index contributed by atoms with van der Waals surface area (Å²) in [5, 5.41) is 2.07. The van der Waals surface area contributed by atoms with Crippen LogP contribution in [0.3, 0.4) is 0 Å². The van der Waals surface area contributed by atoms with Crippen molar-refractivity contribution in [1.29, 1.82) is 0 Å². The molecule has 84 valence electrons. The van der Waals surface area contributed by atoms with E-state index >= 15 is 0 Å². The van der Waals surface area contributed by atoms with Crippen molar-refractivity contribution >= 4 is 27.3 Å². The van der Waals surface area contributed by atoms with E-state index in [1.807, 2.05) is 19.1 Å². The number of aryl methyl sites for hydroxylation is 1. The molecule has 2 aromatic rings. The Morgan fingerprint density at radius 3 is 2.94 bits per heavy atom. The molecule has 1 atom stereocenters. The summed E-state index contributed by atoms with van der Waals surface area (Å²) in [6.45, 7) is 2.05. The highest BCUT2D eigenvalue weighted by atomic mass is 79.9. The van der Waals surface area contributed by atoms with Crippen LogP contribution in [0.4, 0.5) is 0 Å². The molecular weight excluding hydrogens is 284 g/mol. The third-order valence-electron chi connectivity index (χ3n) is 2.50. The van der Waals surface area contributed by atoms with E-state index in [0.717, 1.165) is 22.2 Å². The molecule has 0 saturated carbocycles. The van der Waals surface area contributed by atoms with Gasteiger partial charge in [0.25, 0.3) is 0 Å². The zero-order chi connectivity index (χ0) is 11.5. The fourth-order valence-corrected chi connectivity index (χ4v) is 3.23. The van der Waals surface area contributed by atoms with E-state index < -0.39 is 0 Å². The fraction of sp³-hybridized carbons (Fsp3) is 0.250. The van der Waals surface area contributed by atoms with E-state index in [1.165, 1.54) is 4.88 Å². The first-order valence-electron chi connectivity index (χ1n) is 5.07. The number of aromatic nitrogens is 1. The Labute approximate surface area is 108 Å². The number of nitrogens with zero attached hydrogens (tertiary/aromatic N) is 1. The molecule has 2 nitrogen and oxygen atoms in total. The molecule has 0 fully saturated rings. The van der Waals surface area contributed by atoms with Gasteiger partial charge in [0.05, 0.1) is 11.7 Å². The minimum atomic E-state index is -0.0313. The average molecular weight is 297 g/mol. The van der Waals surface area contributed by atoms with Crippen LogP contribution in [-0.4, -0.2) is 4.98 Å². The van der Waals surface area contributed by atoms with Gasteiger partial charge in [0, 0.05) is 22.0 Å². The smallest absolute Gasteiger partial charge is 0.0603 e. The molecule has 0 radical (unpaired) electrons. The largest absolute Gasteiger partial charge is 0.322 e. The van der Waals surface area contributed by atoms with Gasteiger partial charge in [-0.2, -0.15) is 0 Å². The van der Waals surface area contributed by atoms with Gasteiger partial charge in [0.15, 0.2) is 0 Å². The second-order valence-corrected chi connectivity index (χ2v) is 5.56. The van der Waals surface area contributed by atoms with E-state index in [1.54, 1.807) is 17.5 Å². The molecule has 2 heterocycles. The first-order valence-corrected chi connectivity index (χ1v) is 6.74. The molecule has 0 spiro atoms. The molecule has 0 aliphatic rings. The molecule has 4 heteroatoms. The summed E-state index contributed by atoms with van der Waals surface area (Å²) >= 11 is 5.24. The standard InChI is InChI=1S/C12H13BrN2S/c1-8-3-2-5-15-12(8)10(14)7-11-9(13)4-6-16-11/h2-6,10H,7,14H2,1H3. The highest BCUT2D eigenvalue weighted by molar-refractivity contribution is 9.10. The molecule has 2 N–H and O–H groups in total. The number of hydrogen-bond donors (Lipinski definition) is 1. The SMILES string of the molecule is Cc1cccnc1C(N)Cc1sccc1Br. The number of rotatable bonds is 3. The van der Waals surface area contributed by atoms with Crippen molar-refractivity contribution in [3.63, 3.8) is 0 Å². The summed E-state index contributed by atoms with van der Waals surface area (Å²) in [7, 11) is 0. The predicted octanol–water partition coefficient (Wildman–Crippen LogP) is 3.46. The quantitative estimate of drug-likeness (QED) is 0.942. The van der Waals surface area contributed by atoms with E-state index in [-0.39, 0.29) is 6.04 Å². The Bertz CT molecular complexity index is 481. The Morgan fingerprint density at radius 1 is 1.50 bits per heavy atom. The lowest BCUT2D eigenvalue weighted by Crippen LogP contribution is -2.15. The molecule has 2 aromatic heterocycles. The van der Waals surface area contributed by atoms with E-state index in [0.29, 0.717) is 0 Å². The van der Waals surface area contributed by atoms with E-state index in [4.69, 9.17) is 5.73 Å². The summed E-state index contributed by atoms with van der Waals surface area (Å²) in [6, 6.07) is 6.01. The van der Waals surface area contributed by atoms with Crippen molar-refractivity contribution in [2.24, 2.45) is 5.73 Å². The maximum absolute atomic E-state index is 6.18. The summed E-state index contributed by atoms with van der Waals surface area (Å²) in [5.41, 5.74) is 8.32. The summed E-state index contributed by atoms with van der Waals surface area (Å²) in [4.78, 5) is 5.63. The molecule has 16 heavy (non-hydrogen) atoms. The van der Waals surface area contributed by atoms with Gasteiger partial charge < -0.3 is 5.73 Å². The van der Waals surface area contributed by atoms with Crippen LogP contribution in [0.15, 0.2) is 34.2 Å². The third kappa shape index (κ3) is 2.51. The second kappa shape index (κ2) is 5.08. The molecule has 0 amide bonds. The van der Waals surface area contributed by atoms with E-state index in [2.05, 4.69) is 32.4 Å². The molecule has 0 bridgehead atoms. The minimum Gasteiger partial charge on any atom is -0.322 e. The highest BCUT2D eigenvalue weighted by Crippen LogP contribution is 2.27. The van der Waals surface area contributed by atoms with Crippen LogP contribution in [0, 0.1) is 6.92 Å². The lowest BCUT2D eigenvalue weighted by atomic mass is 10.1. The Hall–Kier alpha value is -0.710. The molecule has 0 saturated heterocycles. The zero-order valence-electron chi connectivity index (χ0n) is 8.98. The molecule has 0 aliphatic heterocycles. The first-order chi connectivity index (χ1) is 7.68. The number of halogens is 1.